The van der Waals surface area contributed by atoms with Gasteiger partial charge in [-0.05, 0) is 6.07 Å². The molecule has 1 heterocycles. The summed E-state index contributed by atoms with van der Waals surface area (Å²) in [5.41, 5.74) is 0.810. The summed E-state index contributed by atoms with van der Waals surface area (Å²) in [6.07, 6.45) is 2.92. The number of hydrogen-bond donors (Lipinski definition) is 1. The molecule has 3 nitrogen and oxygen atoms in total. The quantitative estimate of drug-likeness (QED) is 0.836. The summed E-state index contributed by atoms with van der Waals surface area (Å²) >= 11 is 0. The van der Waals surface area contributed by atoms with Gasteiger partial charge in [0.05, 0.1) is 12.2 Å². The molecule has 6 heteroatoms. The van der Waals surface area contributed by atoms with Crippen molar-refractivity contribution in [3.63, 3.8) is 0 Å². The fourth-order valence-electron chi connectivity index (χ4n) is 1.27. The molecule has 0 saturated heterocycles. The lowest BCUT2D eigenvalue weighted by molar-refractivity contribution is 0.447. The van der Waals surface area contributed by atoms with Crippen LogP contribution in [0.25, 0.3) is 0 Å². The Morgan fingerprint density at radius 2 is 1.82 bits per heavy atom. The summed E-state index contributed by atoms with van der Waals surface area (Å²) in [5.74, 6) is -3.93. The largest absolute Gasteiger partial charge is 0.379 e. The van der Waals surface area contributed by atoms with Gasteiger partial charge >= 0.3 is 0 Å². The van der Waals surface area contributed by atoms with Gasteiger partial charge < -0.3 is 5.32 Å². The molecular weight excluding hydrogens is 231 g/mol. The number of nitrogens with one attached hydrogen (secondary N) is 1. The van der Waals surface area contributed by atoms with E-state index in [9.17, 15) is 13.2 Å². The molecule has 0 fully saturated rings. The Labute approximate surface area is 95.3 Å². The van der Waals surface area contributed by atoms with Gasteiger partial charge in [0.1, 0.15) is 6.33 Å². The van der Waals surface area contributed by atoms with Crippen LogP contribution in [0.3, 0.4) is 0 Å². The Kier molecular flexibility index (Phi) is 3.22. The molecule has 0 unspecified atom stereocenters. The zero-order valence-electron chi connectivity index (χ0n) is 8.62. The fourth-order valence-corrected chi connectivity index (χ4v) is 1.27. The van der Waals surface area contributed by atoms with Crippen LogP contribution in [0.15, 0.2) is 30.7 Å². The van der Waals surface area contributed by atoms with Crippen molar-refractivity contribution in [1.29, 1.82) is 0 Å². The minimum atomic E-state index is -1.47. The molecule has 0 aliphatic rings. The number of halogens is 3. The molecule has 88 valence electrons. The van der Waals surface area contributed by atoms with E-state index in [-0.39, 0.29) is 12.2 Å². The highest BCUT2D eigenvalue weighted by Crippen LogP contribution is 2.17. The SMILES string of the molecule is Fc1cc(NCc2ccncn2)cc(F)c1F. The van der Waals surface area contributed by atoms with Gasteiger partial charge in [-0.15, -0.1) is 0 Å². The zero-order chi connectivity index (χ0) is 12.3. The summed E-state index contributed by atoms with van der Waals surface area (Å²) in [4.78, 5) is 7.65. The Morgan fingerprint density at radius 1 is 1.12 bits per heavy atom. The van der Waals surface area contributed by atoms with E-state index in [2.05, 4.69) is 15.3 Å². The average Bonchev–Trinajstić information content (AvgIpc) is 2.34. The summed E-state index contributed by atoms with van der Waals surface area (Å²) in [6.45, 7) is 0.271. The van der Waals surface area contributed by atoms with Crippen molar-refractivity contribution in [1.82, 2.24) is 9.97 Å². The third-order valence-electron chi connectivity index (χ3n) is 2.10. The molecule has 2 aromatic rings. The van der Waals surface area contributed by atoms with E-state index >= 15 is 0 Å². The fraction of sp³-hybridized carbons (Fsp3) is 0.0909. The van der Waals surface area contributed by atoms with Crippen LogP contribution in [0.4, 0.5) is 18.9 Å². The normalized spacial score (nSPS) is 10.3. The Hall–Kier alpha value is -2.11. The third kappa shape index (κ3) is 2.72. The molecule has 0 radical (unpaired) electrons. The Bertz CT molecular complexity index is 494. The van der Waals surface area contributed by atoms with Crippen LogP contribution in [0, 0.1) is 17.5 Å². The van der Waals surface area contributed by atoms with E-state index in [0.717, 1.165) is 12.1 Å². The van der Waals surface area contributed by atoms with Crippen LogP contribution in [-0.4, -0.2) is 9.97 Å². The molecule has 0 spiro atoms. The van der Waals surface area contributed by atoms with Crippen LogP contribution in [0.2, 0.25) is 0 Å². The zero-order valence-corrected chi connectivity index (χ0v) is 8.62. The van der Waals surface area contributed by atoms with Gasteiger partial charge in [-0.3, -0.25) is 0 Å². The predicted molar refractivity (Wildman–Crippen MR) is 55.7 cm³/mol. The van der Waals surface area contributed by atoms with Crippen LogP contribution >= 0.6 is 0 Å². The van der Waals surface area contributed by atoms with Gasteiger partial charge in [0.2, 0.25) is 0 Å². The highest BCUT2D eigenvalue weighted by atomic mass is 19.2. The monoisotopic (exact) mass is 239 g/mol. The molecule has 0 amide bonds. The van der Waals surface area contributed by atoms with Gasteiger partial charge in [0.15, 0.2) is 17.5 Å². The number of rotatable bonds is 3. The molecular formula is C11H8F3N3. The molecule has 0 aliphatic heterocycles. The van der Waals surface area contributed by atoms with Gasteiger partial charge in [-0.25, -0.2) is 23.1 Å². The number of nitrogens with zero attached hydrogens (tertiary/aromatic N) is 2. The van der Waals surface area contributed by atoms with Crippen molar-refractivity contribution >= 4 is 5.69 Å². The molecule has 0 bridgehead atoms. The summed E-state index contributed by atoms with van der Waals surface area (Å²) in [7, 11) is 0. The first-order valence-electron chi connectivity index (χ1n) is 4.80. The molecule has 1 aromatic carbocycles. The van der Waals surface area contributed by atoms with Crippen molar-refractivity contribution in [2.45, 2.75) is 6.54 Å². The molecule has 1 N–H and O–H groups in total. The van der Waals surface area contributed by atoms with Gasteiger partial charge in [-0.2, -0.15) is 0 Å². The predicted octanol–water partition coefficient (Wildman–Crippen LogP) is 2.51. The van der Waals surface area contributed by atoms with E-state index in [1.807, 2.05) is 0 Å². The lowest BCUT2D eigenvalue weighted by atomic mass is 10.2. The summed E-state index contributed by atoms with van der Waals surface area (Å²) in [5, 5.41) is 2.73. The van der Waals surface area contributed by atoms with Crippen molar-refractivity contribution in [3.05, 3.63) is 53.9 Å². The minimum absolute atomic E-state index is 0.153. The standard InChI is InChI=1S/C11H8F3N3/c12-9-3-8(4-10(13)11(9)14)16-5-7-1-2-15-6-17-7/h1-4,6,16H,5H2. The van der Waals surface area contributed by atoms with Gasteiger partial charge in [0.25, 0.3) is 0 Å². The average molecular weight is 239 g/mol. The Morgan fingerprint density at radius 3 is 2.41 bits per heavy atom. The highest BCUT2D eigenvalue weighted by Gasteiger charge is 2.10. The van der Waals surface area contributed by atoms with Crippen molar-refractivity contribution in [3.8, 4) is 0 Å². The van der Waals surface area contributed by atoms with Gasteiger partial charge in [0, 0.05) is 24.0 Å². The van der Waals surface area contributed by atoms with E-state index < -0.39 is 17.5 Å². The summed E-state index contributed by atoms with van der Waals surface area (Å²) in [6, 6.07) is 3.43. The maximum absolute atomic E-state index is 12.9. The number of hydrogen-bond acceptors (Lipinski definition) is 3. The van der Waals surface area contributed by atoms with E-state index in [1.165, 1.54) is 6.33 Å². The third-order valence-corrected chi connectivity index (χ3v) is 2.10. The second kappa shape index (κ2) is 4.82. The van der Waals surface area contributed by atoms with Crippen LogP contribution < -0.4 is 5.32 Å². The van der Waals surface area contributed by atoms with E-state index in [1.54, 1.807) is 12.3 Å². The second-order valence-corrected chi connectivity index (χ2v) is 3.31. The smallest absolute Gasteiger partial charge is 0.194 e. The van der Waals surface area contributed by atoms with Crippen molar-refractivity contribution in [2.24, 2.45) is 0 Å². The molecule has 1 aromatic heterocycles. The van der Waals surface area contributed by atoms with Gasteiger partial charge in [-0.1, -0.05) is 0 Å². The topological polar surface area (TPSA) is 37.8 Å². The Balaban J connectivity index is 2.10. The van der Waals surface area contributed by atoms with E-state index in [0.29, 0.717) is 5.69 Å². The first-order chi connectivity index (χ1) is 8.16. The first-order valence-corrected chi connectivity index (χ1v) is 4.80. The molecule has 0 atom stereocenters. The molecule has 0 aliphatic carbocycles. The second-order valence-electron chi connectivity index (χ2n) is 3.31. The maximum atomic E-state index is 12.9. The molecule has 2 rings (SSSR count). The lowest BCUT2D eigenvalue weighted by Crippen LogP contribution is -2.03. The lowest BCUT2D eigenvalue weighted by Gasteiger charge is -2.06. The number of benzene rings is 1. The first kappa shape index (κ1) is 11.4. The van der Waals surface area contributed by atoms with Crippen LogP contribution in [0.1, 0.15) is 5.69 Å². The minimum Gasteiger partial charge on any atom is -0.379 e. The maximum Gasteiger partial charge on any atom is 0.194 e. The van der Waals surface area contributed by atoms with Crippen molar-refractivity contribution < 1.29 is 13.2 Å². The van der Waals surface area contributed by atoms with E-state index in [4.69, 9.17) is 0 Å². The highest BCUT2D eigenvalue weighted by molar-refractivity contribution is 5.44. The molecule has 17 heavy (non-hydrogen) atoms. The van der Waals surface area contributed by atoms with Crippen LogP contribution in [-0.2, 0) is 6.54 Å². The number of aromatic nitrogens is 2. The number of anilines is 1. The molecule has 0 saturated carbocycles. The van der Waals surface area contributed by atoms with Crippen LogP contribution in [0.5, 0.6) is 0 Å². The summed E-state index contributed by atoms with van der Waals surface area (Å²) < 4.78 is 38.4. The van der Waals surface area contributed by atoms with Crippen molar-refractivity contribution in [2.75, 3.05) is 5.32 Å².